The van der Waals surface area contributed by atoms with Gasteiger partial charge < -0.3 is 5.32 Å². The van der Waals surface area contributed by atoms with Gasteiger partial charge >= 0.3 is 0 Å². The van der Waals surface area contributed by atoms with E-state index in [1.54, 1.807) is 0 Å². The van der Waals surface area contributed by atoms with E-state index in [4.69, 9.17) is 0 Å². The monoisotopic (exact) mass is 231 g/mol. The van der Waals surface area contributed by atoms with E-state index >= 15 is 0 Å². The van der Waals surface area contributed by atoms with Crippen molar-refractivity contribution in [3.05, 3.63) is 12.7 Å². The number of rotatable bonds is 5. The van der Waals surface area contributed by atoms with Gasteiger partial charge in [0.25, 0.3) is 0 Å². The molecule has 1 aliphatic rings. The van der Waals surface area contributed by atoms with Gasteiger partial charge in [-0.05, 0) is 33.1 Å². The highest BCUT2D eigenvalue weighted by atomic mass is 32.2. The van der Waals surface area contributed by atoms with E-state index in [-0.39, 0.29) is 11.3 Å². The molecule has 0 aromatic carbocycles. The maximum Gasteiger partial charge on any atom is 0.152 e. The van der Waals surface area contributed by atoms with E-state index in [9.17, 15) is 8.42 Å². The predicted octanol–water partition coefficient (Wildman–Crippen LogP) is 1.51. The normalized spacial score (nSPS) is 31.3. The molecule has 2 unspecified atom stereocenters. The van der Waals surface area contributed by atoms with Gasteiger partial charge in [-0.1, -0.05) is 6.08 Å². The molecule has 0 spiro atoms. The molecule has 0 bridgehead atoms. The zero-order chi connectivity index (χ0) is 11.5. The first kappa shape index (κ1) is 12.7. The lowest BCUT2D eigenvalue weighted by atomic mass is 9.99. The van der Waals surface area contributed by atoms with Crippen molar-refractivity contribution in [3.8, 4) is 0 Å². The van der Waals surface area contributed by atoms with Crippen molar-refractivity contribution in [1.29, 1.82) is 0 Å². The highest BCUT2D eigenvalue weighted by Crippen LogP contribution is 2.23. The van der Waals surface area contributed by atoms with Gasteiger partial charge in [-0.15, -0.1) is 6.58 Å². The topological polar surface area (TPSA) is 46.2 Å². The molecule has 0 aliphatic carbocycles. The second-order valence-electron chi connectivity index (χ2n) is 4.81. The van der Waals surface area contributed by atoms with Crippen LogP contribution in [0.1, 0.15) is 33.1 Å². The lowest BCUT2D eigenvalue weighted by Crippen LogP contribution is -2.48. The van der Waals surface area contributed by atoms with Gasteiger partial charge in [0, 0.05) is 11.6 Å². The summed E-state index contributed by atoms with van der Waals surface area (Å²) in [5.41, 5.74) is -0.223. The van der Waals surface area contributed by atoms with Crippen molar-refractivity contribution in [2.45, 2.75) is 44.7 Å². The first-order valence-corrected chi connectivity index (χ1v) is 7.28. The summed E-state index contributed by atoms with van der Waals surface area (Å²) in [5.74, 6) is 0.600. The SMILES string of the molecule is C=CCCC(C)NC1(C)CCS(=O)(=O)C1. The second kappa shape index (κ2) is 4.66. The third-order valence-electron chi connectivity index (χ3n) is 2.90. The fourth-order valence-corrected chi connectivity index (χ4v) is 4.26. The van der Waals surface area contributed by atoms with Crippen molar-refractivity contribution in [1.82, 2.24) is 5.32 Å². The van der Waals surface area contributed by atoms with Gasteiger partial charge in [0.1, 0.15) is 0 Å². The lowest BCUT2D eigenvalue weighted by molar-refractivity contribution is 0.341. The highest BCUT2D eigenvalue weighted by molar-refractivity contribution is 7.91. The summed E-state index contributed by atoms with van der Waals surface area (Å²) < 4.78 is 22.8. The van der Waals surface area contributed by atoms with Crippen LogP contribution in [0.15, 0.2) is 12.7 Å². The van der Waals surface area contributed by atoms with Crippen LogP contribution in [0.5, 0.6) is 0 Å². The molecule has 1 N–H and O–H groups in total. The molecule has 15 heavy (non-hydrogen) atoms. The minimum absolute atomic E-state index is 0.223. The first-order valence-electron chi connectivity index (χ1n) is 5.46. The van der Waals surface area contributed by atoms with E-state index in [0.29, 0.717) is 11.8 Å². The van der Waals surface area contributed by atoms with Crippen LogP contribution < -0.4 is 5.32 Å². The van der Waals surface area contributed by atoms with Crippen molar-refractivity contribution in [3.63, 3.8) is 0 Å². The largest absolute Gasteiger partial charge is 0.308 e. The third-order valence-corrected chi connectivity index (χ3v) is 4.81. The predicted molar refractivity (Wildman–Crippen MR) is 63.7 cm³/mol. The van der Waals surface area contributed by atoms with Gasteiger partial charge in [0.05, 0.1) is 11.5 Å². The quantitative estimate of drug-likeness (QED) is 0.730. The summed E-state index contributed by atoms with van der Waals surface area (Å²) in [4.78, 5) is 0. The molecule has 2 atom stereocenters. The van der Waals surface area contributed by atoms with Crippen molar-refractivity contribution in [2.24, 2.45) is 0 Å². The van der Waals surface area contributed by atoms with E-state index in [1.807, 2.05) is 13.0 Å². The van der Waals surface area contributed by atoms with E-state index in [0.717, 1.165) is 19.3 Å². The summed E-state index contributed by atoms with van der Waals surface area (Å²) in [5, 5.41) is 3.42. The minimum Gasteiger partial charge on any atom is -0.308 e. The summed E-state index contributed by atoms with van der Waals surface area (Å²) in [6.07, 6.45) is 4.61. The molecule has 0 amide bonds. The zero-order valence-corrected chi connectivity index (χ0v) is 10.4. The van der Waals surface area contributed by atoms with Crippen molar-refractivity contribution >= 4 is 9.84 Å². The van der Waals surface area contributed by atoms with E-state index in [1.165, 1.54) is 0 Å². The highest BCUT2D eigenvalue weighted by Gasteiger charge is 2.38. The average molecular weight is 231 g/mol. The molecule has 0 radical (unpaired) electrons. The number of allylic oxidation sites excluding steroid dienone is 1. The molecule has 1 saturated heterocycles. The molecule has 0 aromatic rings. The van der Waals surface area contributed by atoms with E-state index in [2.05, 4.69) is 18.8 Å². The van der Waals surface area contributed by atoms with E-state index < -0.39 is 9.84 Å². The molecule has 1 fully saturated rings. The van der Waals surface area contributed by atoms with Crippen LogP contribution >= 0.6 is 0 Å². The Labute approximate surface area is 92.9 Å². The van der Waals surface area contributed by atoms with Gasteiger partial charge in [0.2, 0.25) is 0 Å². The number of sulfone groups is 1. The number of hydrogen-bond donors (Lipinski definition) is 1. The van der Waals surface area contributed by atoms with Gasteiger partial charge in [-0.2, -0.15) is 0 Å². The third kappa shape index (κ3) is 3.95. The Balaban J connectivity index is 2.47. The first-order chi connectivity index (χ1) is 6.87. The summed E-state index contributed by atoms with van der Waals surface area (Å²) >= 11 is 0. The Hall–Kier alpha value is -0.350. The fraction of sp³-hybridized carbons (Fsp3) is 0.818. The van der Waals surface area contributed by atoms with Crippen LogP contribution in [0.2, 0.25) is 0 Å². The molecule has 3 nitrogen and oxygen atoms in total. The van der Waals surface area contributed by atoms with Crippen LogP contribution in [0.4, 0.5) is 0 Å². The Morgan fingerprint density at radius 1 is 1.60 bits per heavy atom. The van der Waals surface area contributed by atoms with Crippen molar-refractivity contribution < 1.29 is 8.42 Å². The summed E-state index contributed by atoms with van der Waals surface area (Å²) in [6, 6.07) is 0.348. The Bertz CT molecular complexity index is 323. The summed E-state index contributed by atoms with van der Waals surface area (Å²) in [6.45, 7) is 7.78. The molecule has 1 aliphatic heterocycles. The number of nitrogens with one attached hydrogen (secondary N) is 1. The Morgan fingerprint density at radius 2 is 2.27 bits per heavy atom. The maximum absolute atomic E-state index is 11.4. The number of hydrogen-bond acceptors (Lipinski definition) is 3. The van der Waals surface area contributed by atoms with Crippen LogP contribution in [0.25, 0.3) is 0 Å². The minimum atomic E-state index is -2.80. The smallest absolute Gasteiger partial charge is 0.152 e. The van der Waals surface area contributed by atoms with Gasteiger partial charge in [0.15, 0.2) is 9.84 Å². The lowest BCUT2D eigenvalue weighted by Gasteiger charge is -2.28. The van der Waals surface area contributed by atoms with Crippen LogP contribution in [0, 0.1) is 0 Å². The molecular formula is C11H21NO2S. The maximum atomic E-state index is 11.4. The van der Waals surface area contributed by atoms with Crippen LogP contribution in [-0.2, 0) is 9.84 Å². The standard InChI is InChI=1S/C11H21NO2S/c1-4-5-6-10(2)12-11(3)7-8-15(13,14)9-11/h4,10,12H,1,5-9H2,2-3H3. The Morgan fingerprint density at radius 3 is 2.73 bits per heavy atom. The molecule has 0 aromatic heterocycles. The van der Waals surface area contributed by atoms with Gasteiger partial charge in [-0.3, -0.25) is 0 Å². The molecule has 1 rings (SSSR count). The molecule has 1 heterocycles. The average Bonchev–Trinajstić information content (AvgIpc) is 2.37. The Kier molecular flexibility index (Phi) is 3.95. The van der Waals surface area contributed by atoms with Crippen LogP contribution in [-0.4, -0.2) is 31.5 Å². The van der Waals surface area contributed by atoms with Crippen LogP contribution in [0.3, 0.4) is 0 Å². The fourth-order valence-electron chi connectivity index (χ4n) is 2.16. The molecule has 88 valence electrons. The summed E-state index contributed by atoms with van der Waals surface area (Å²) in [7, 11) is -2.80. The molecular weight excluding hydrogens is 210 g/mol. The molecule has 0 saturated carbocycles. The molecule has 4 heteroatoms. The zero-order valence-electron chi connectivity index (χ0n) is 9.62. The van der Waals surface area contributed by atoms with Crippen molar-refractivity contribution in [2.75, 3.05) is 11.5 Å². The second-order valence-corrected chi connectivity index (χ2v) is 7.00. The van der Waals surface area contributed by atoms with Gasteiger partial charge in [-0.25, -0.2) is 8.42 Å².